The Morgan fingerprint density at radius 3 is 2.38 bits per heavy atom. The smallest absolute Gasteiger partial charge is 0.329 e. The summed E-state index contributed by atoms with van der Waals surface area (Å²) < 4.78 is 0. The van der Waals surface area contributed by atoms with E-state index in [9.17, 15) is 9.59 Å². The minimum atomic E-state index is -1.39. The fourth-order valence-corrected chi connectivity index (χ4v) is 0.939. The van der Waals surface area contributed by atoms with Gasteiger partial charge in [0.1, 0.15) is 5.44 Å². The highest BCUT2D eigenvalue weighted by molar-refractivity contribution is 7.80. The molecule has 0 aromatic carbocycles. The van der Waals surface area contributed by atoms with Crippen molar-refractivity contribution in [3.63, 3.8) is 0 Å². The van der Waals surface area contributed by atoms with Crippen LogP contribution in [0, 0.1) is 0 Å². The van der Waals surface area contributed by atoms with Crippen molar-refractivity contribution in [2.24, 2.45) is 0 Å². The highest BCUT2D eigenvalue weighted by Crippen LogP contribution is 1.99. The second-order valence-electron chi connectivity index (χ2n) is 2.55. The van der Waals surface area contributed by atoms with Crippen LogP contribution in [0.2, 0.25) is 0 Å². The number of hydrogen-bond donors (Lipinski definition) is 4. The van der Waals surface area contributed by atoms with Gasteiger partial charge in [0.15, 0.2) is 6.04 Å². The molecule has 0 saturated carbocycles. The van der Waals surface area contributed by atoms with Crippen LogP contribution in [0.15, 0.2) is 0 Å². The third-order valence-electron chi connectivity index (χ3n) is 1.36. The molecule has 76 valence electrons. The van der Waals surface area contributed by atoms with Crippen LogP contribution in [0.5, 0.6) is 0 Å². The Bertz CT molecular complexity index is 195. The molecule has 0 aliphatic rings. The maximum Gasteiger partial charge on any atom is 0.329 e. The number of rotatable bonds is 5. The Morgan fingerprint density at radius 1 is 1.54 bits per heavy atom. The number of amides is 1. The first-order chi connectivity index (χ1) is 5.99. The monoisotopic (exact) mass is 207 g/mol. The molecule has 0 aliphatic carbocycles. The van der Waals surface area contributed by atoms with Gasteiger partial charge in [0.2, 0.25) is 5.91 Å². The first-order valence-electron chi connectivity index (χ1n) is 3.87. The van der Waals surface area contributed by atoms with Gasteiger partial charge in [-0.2, -0.15) is 0 Å². The van der Waals surface area contributed by atoms with Crippen molar-refractivity contribution >= 4 is 24.5 Å². The van der Waals surface area contributed by atoms with Gasteiger partial charge in [-0.1, -0.05) is 6.92 Å². The Balaban J connectivity index is 4.10. The molecule has 0 fully saturated rings. The van der Waals surface area contributed by atoms with Crippen molar-refractivity contribution in [2.45, 2.75) is 31.2 Å². The van der Waals surface area contributed by atoms with E-state index in [1.807, 2.05) is 0 Å². The first-order valence-corrected chi connectivity index (χ1v) is 4.39. The van der Waals surface area contributed by atoms with Crippen molar-refractivity contribution in [3.8, 4) is 0 Å². The lowest BCUT2D eigenvalue weighted by molar-refractivity contribution is -0.143. The molecule has 0 rings (SSSR count). The topological polar surface area (TPSA) is 86.6 Å². The summed E-state index contributed by atoms with van der Waals surface area (Å²) in [7, 11) is 0. The van der Waals surface area contributed by atoms with Crippen LogP contribution in [0.25, 0.3) is 0 Å². The quantitative estimate of drug-likeness (QED) is 0.365. The van der Waals surface area contributed by atoms with Crippen LogP contribution in [0.1, 0.15) is 19.8 Å². The van der Waals surface area contributed by atoms with Gasteiger partial charge in [-0.25, -0.2) is 4.79 Å². The molecule has 2 unspecified atom stereocenters. The number of aliphatic hydroxyl groups is 1. The normalized spacial score (nSPS) is 14.7. The molecular formula is C7H13NO4S. The molecular weight excluding hydrogens is 194 g/mol. The van der Waals surface area contributed by atoms with Crippen LogP contribution in [0.3, 0.4) is 0 Å². The molecule has 0 spiro atoms. The average Bonchev–Trinajstić information content (AvgIpc) is 1.99. The zero-order chi connectivity index (χ0) is 10.4. The summed E-state index contributed by atoms with van der Waals surface area (Å²) in [6.45, 7) is 1.80. The lowest BCUT2D eigenvalue weighted by atomic mass is 10.2. The largest absolute Gasteiger partial charge is 0.480 e. The van der Waals surface area contributed by atoms with E-state index < -0.39 is 23.4 Å². The Labute approximate surface area is 81.5 Å². The van der Waals surface area contributed by atoms with Crippen molar-refractivity contribution in [2.75, 3.05) is 0 Å². The average molecular weight is 207 g/mol. The SMILES string of the molecule is CCCC(=O)NC(C(=O)O)C(O)S. The number of aliphatic carboxylic acids is 1. The minimum absolute atomic E-state index is 0.240. The van der Waals surface area contributed by atoms with Gasteiger partial charge in [0, 0.05) is 6.42 Å². The van der Waals surface area contributed by atoms with Gasteiger partial charge in [0.05, 0.1) is 0 Å². The molecule has 13 heavy (non-hydrogen) atoms. The molecule has 6 heteroatoms. The molecule has 0 aliphatic heterocycles. The van der Waals surface area contributed by atoms with Crippen molar-refractivity contribution in [3.05, 3.63) is 0 Å². The molecule has 1 amide bonds. The van der Waals surface area contributed by atoms with E-state index in [1.165, 1.54) is 0 Å². The molecule has 2 atom stereocenters. The van der Waals surface area contributed by atoms with Gasteiger partial charge < -0.3 is 15.5 Å². The van der Waals surface area contributed by atoms with Crippen molar-refractivity contribution in [1.29, 1.82) is 0 Å². The Kier molecular flexibility index (Phi) is 5.48. The number of carbonyl (C=O) groups excluding carboxylic acids is 1. The van der Waals surface area contributed by atoms with Gasteiger partial charge in [-0.15, -0.1) is 12.6 Å². The molecule has 0 bridgehead atoms. The maximum atomic E-state index is 10.9. The summed E-state index contributed by atoms with van der Waals surface area (Å²) in [6.07, 6.45) is 0.866. The molecule has 0 saturated heterocycles. The lowest BCUT2D eigenvalue weighted by Crippen LogP contribution is -2.46. The van der Waals surface area contributed by atoms with Crippen LogP contribution in [0.4, 0.5) is 0 Å². The summed E-state index contributed by atoms with van der Waals surface area (Å²) in [6, 6.07) is -1.35. The van der Waals surface area contributed by atoms with E-state index in [4.69, 9.17) is 10.2 Å². The number of hydrogen-bond acceptors (Lipinski definition) is 4. The highest BCUT2D eigenvalue weighted by Gasteiger charge is 2.24. The zero-order valence-corrected chi connectivity index (χ0v) is 8.12. The van der Waals surface area contributed by atoms with E-state index in [0.717, 1.165) is 0 Å². The number of carboxylic acid groups (broad SMARTS) is 1. The number of thiol groups is 1. The number of carboxylic acids is 1. The third-order valence-corrected chi connectivity index (χ3v) is 1.66. The van der Waals surface area contributed by atoms with E-state index in [2.05, 4.69) is 17.9 Å². The first kappa shape index (κ1) is 12.2. The van der Waals surface area contributed by atoms with Gasteiger partial charge in [-0.3, -0.25) is 4.79 Å². The van der Waals surface area contributed by atoms with Crippen molar-refractivity contribution < 1.29 is 19.8 Å². The van der Waals surface area contributed by atoms with Gasteiger partial charge in [0.25, 0.3) is 0 Å². The second kappa shape index (κ2) is 5.82. The lowest BCUT2D eigenvalue weighted by Gasteiger charge is -2.15. The summed E-state index contributed by atoms with van der Waals surface area (Å²) in [4.78, 5) is 21.4. The molecule has 0 aromatic rings. The summed E-state index contributed by atoms with van der Waals surface area (Å²) in [5.74, 6) is -1.70. The van der Waals surface area contributed by atoms with Gasteiger partial charge in [-0.05, 0) is 6.42 Å². The molecule has 5 nitrogen and oxygen atoms in total. The van der Waals surface area contributed by atoms with Gasteiger partial charge >= 0.3 is 5.97 Å². The maximum absolute atomic E-state index is 10.9. The summed E-state index contributed by atoms with van der Waals surface area (Å²) in [5, 5.41) is 19.6. The highest BCUT2D eigenvalue weighted by atomic mass is 32.1. The standard InChI is InChI=1S/C7H13NO4S/c1-2-3-4(9)8-5(6(10)11)7(12)13/h5,7,12-13H,2-3H2,1H3,(H,8,9)(H,10,11). The zero-order valence-electron chi connectivity index (χ0n) is 7.23. The van der Waals surface area contributed by atoms with E-state index >= 15 is 0 Å². The predicted octanol–water partition coefficient (Wildman–Crippen LogP) is -0.396. The Hall–Kier alpha value is -0.750. The van der Waals surface area contributed by atoms with Crippen LogP contribution in [-0.2, 0) is 9.59 Å². The van der Waals surface area contributed by atoms with Crippen LogP contribution >= 0.6 is 12.6 Å². The summed E-state index contributed by atoms with van der Waals surface area (Å²) in [5.41, 5.74) is -1.39. The van der Waals surface area contributed by atoms with E-state index in [1.54, 1.807) is 6.92 Å². The number of carbonyl (C=O) groups is 2. The van der Waals surface area contributed by atoms with Crippen molar-refractivity contribution in [1.82, 2.24) is 5.32 Å². The third kappa shape index (κ3) is 4.74. The molecule has 0 heterocycles. The molecule has 0 aromatic heterocycles. The van der Waals surface area contributed by atoms with Crippen LogP contribution < -0.4 is 5.32 Å². The number of aliphatic hydroxyl groups excluding tert-OH is 1. The fraction of sp³-hybridized carbons (Fsp3) is 0.714. The second-order valence-corrected chi connectivity index (χ2v) is 3.08. The number of nitrogens with one attached hydrogen (secondary N) is 1. The van der Waals surface area contributed by atoms with E-state index in [0.29, 0.717) is 6.42 Å². The Morgan fingerprint density at radius 2 is 2.08 bits per heavy atom. The summed E-state index contributed by atoms with van der Waals surface area (Å²) >= 11 is 3.54. The fourth-order valence-electron chi connectivity index (χ4n) is 0.736. The predicted molar refractivity (Wildman–Crippen MR) is 49.5 cm³/mol. The molecule has 0 radical (unpaired) electrons. The molecule has 3 N–H and O–H groups in total. The van der Waals surface area contributed by atoms with E-state index in [-0.39, 0.29) is 6.42 Å². The van der Waals surface area contributed by atoms with Crippen LogP contribution in [-0.4, -0.2) is 33.6 Å². The minimum Gasteiger partial charge on any atom is -0.480 e.